The molecule has 1 heterocycles. The average molecular weight is 284 g/mol. The van der Waals surface area contributed by atoms with E-state index in [2.05, 4.69) is 15.7 Å². The topological polar surface area (TPSA) is 105 Å². The highest BCUT2D eigenvalue weighted by atomic mass is 16.5. The first-order chi connectivity index (χ1) is 9.43. The highest BCUT2D eigenvalue weighted by Crippen LogP contribution is 2.11. The van der Waals surface area contributed by atoms with E-state index in [0.29, 0.717) is 18.7 Å². The highest BCUT2D eigenvalue weighted by molar-refractivity contribution is 5.83. The van der Waals surface area contributed by atoms with Crippen LogP contribution in [-0.4, -0.2) is 47.1 Å². The number of carbonyl (C=O) groups excluding carboxylic acids is 1. The van der Waals surface area contributed by atoms with Gasteiger partial charge in [0, 0.05) is 32.5 Å². The summed E-state index contributed by atoms with van der Waals surface area (Å²) in [6, 6.07) is -1.66. The van der Waals surface area contributed by atoms with Crippen LogP contribution in [0.4, 0.5) is 4.79 Å². The molecule has 0 aliphatic carbocycles. The summed E-state index contributed by atoms with van der Waals surface area (Å²) >= 11 is 0. The molecule has 0 saturated heterocycles. The molecule has 0 aliphatic heterocycles. The van der Waals surface area contributed by atoms with Crippen LogP contribution in [0.15, 0.2) is 12.4 Å². The fraction of sp³-hybridized carbons (Fsp3) is 0.583. The van der Waals surface area contributed by atoms with Crippen molar-refractivity contribution in [3.63, 3.8) is 0 Å². The lowest BCUT2D eigenvalue weighted by Crippen LogP contribution is -2.42. The summed E-state index contributed by atoms with van der Waals surface area (Å²) in [6.07, 6.45) is 2.96. The lowest BCUT2D eigenvalue weighted by atomic mass is 10.1. The number of methoxy groups -OCH3 is 1. The normalized spacial score (nSPS) is 13.6. The molecule has 0 saturated carbocycles. The van der Waals surface area contributed by atoms with Crippen LogP contribution in [0.3, 0.4) is 0 Å². The second-order valence-corrected chi connectivity index (χ2v) is 4.63. The SMILES string of the molecule is COCC(C)CNC(=O)NC(C(=O)O)c1cnn(C)c1. The first-order valence-corrected chi connectivity index (χ1v) is 6.18. The summed E-state index contributed by atoms with van der Waals surface area (Å²) in [6.45, 7) is 2.84. The van der Waals surface area contributed by atoms with Crippen molar-refractivity contribution in [3.05, 3.63) is 18.0 Å². The molecule has 0 spiro atoms. The van der Waals surface area contributed by atoms with Crippen LogP contribution >= 0.6 is 0 Å². The minimum atomic E-state index is -1.14. The number of hydrogen-bond donors (Lipinski definition) is 3. The Morgan fingerprint density at radius 2 is 2.25 bits per heavy atom. The molecule has 0 bridgehead atoms. The molecular weight excluding hydrogens is 264 g/mol. The number of carbonyl (C=O) groups is 2. The van der Waals surface area contributed by atoms with Gasteiger partial charge in [-0.05, 0) is 5.92 Å². The number of urea groups is 1. The standard InChI is InChI=1S/C12H20N4O4/c1-8(7-20-3)4-13-12(19)15-10(11(17)18)9-5-14-16(2)6-9/h5-6,8,10H,4,7H2,1-3H3,(H,17,18)(H2,13,15,19). The summed E-state index contributed by atoms with van der Waals surface area (Å²) in [4.78, 5) is 22.9. The summed E-state index contributed by atoms with van der Waals surface area (Å²) in [5, 5.41) is 18.0. The third kappa shape index (κ3) is 4.88. The number of amides is 2. The van der Waals surface area contributed by atoms with E-state index in [1.54, 1.807) is 20.4 Å². The Hall–Kier alpha value is -2.09. The first kappa shape index (κ1) is 16.0. The third-order valence-corrected chi connectivity index (χ3v) is 2.64. The molecule has 0 aromatic carbocycles. The Bertz CT molecular complexity index is 460. The van der Waals surface area contributed by atoms with Gasteiger partial charge in [-0.25, -0.2) is 9.59 Å². The van der Waals surface area contributed by atoms with Gasteiger partial charge in [-0.2, -0.15) is 5.10 Å². The van der Waals surface area contributed by atoms with Crippen LogP contribution in [0.25, 0.3) is 0 Å². The quantitative estimate of drug-likeness (QED) is 0.660. The van der Waals surface area contributed by atoms with Crippen molar-refractivity contribution in [1.29, 1.82) is 0 Å². The highest BCUT2D eigenvalue weighted by Gasteiger charge is 2.23. The zero-order valence-corrected chi connectivity index (χ0v) is 11.8. The smallest absolute Gasteiger partial charge is 0.331 e. The van der Waals surface area contributed by atoms with Gasteiger partial charge in [-0.15, -0.1) is 0 Å². The molecule has 0 radical (unpaired) electrons. The molecule has 20 heavy (non-hydrogen) atoms. The average Bonchev–Trinajstić information content (AvgIpc) is 2.80. The van der Waals surface area contributed by atoms with Gasteiger partial charge in [0.15, 0.2) is 6.04 Å². The Kier molecular flexibility index (Phi) is 5.98. The Balaban J connectivity index is 2.54. The van der Waals surface area contributed by atoms with E-state index in [-0.39, 0.29) is 5.92 Å². The Labute approximate surface area is 117 Å². The summed E-state index contributed by atoms with van der Waals surface area (Å²) in [5.41, 5.74) is 0.417. The zero-order valence-electron chi connectivity index (χ0n) is 11.8. The minimum Gasteiger partial charge on any atom is -0.479 e. The number of ether oxygens (including phenoxy) is 1. The maximum absolute atomic E-state index is 11.7. The van der Waals surface area contributed by atoms with E-state index in [0.717, 1.165) is 0 Å². The van der Waals surface area contributed by atoms with E-state index >= 15 is 0 Å². The van der Waals surface area contributed by atoms with E-state index in [1.807, 2.05) is 6.92 Å². The minimum absolute atomic E-state index is 0.146. The first-order valence-electron chi connectivity index (χ1n) is 6.18. The lowest BCUT2D eigenvalue weighted by molar-refractivity contribution is -0.139. The van der Waals surface area contributed by atoms with Crippen LogP contribution in [0.5, 0.6) is 0 Å². The second kappa shape index (κ2) is 7.49. The molecule has 8 heteroatoms. The lowest BCUT2D eigenvalue weighted by Gasteiger charge is -2.15. The molecule has 3 N–H and O–H groups in total. The number of aliphatic carboxylic acids is 1. The van der Waals surface area contributed by atoms with Gasteiger partial charge in [0.2, 0.25) is 0 Å². The van der Waals surface area contributed by atoms with Crippen molar-refractivity contribution in [1.82, 2.24) is 20.4 Å². The maximum atomic E-state index is 11.7. The number of nitrogens with zero attached hydrogens (tertiary/aromatic N) is 2. The van der Waals surface area contributed by atoms with Gasteiger partial charge >= 0.3 is 12.0 Å². The predicted octanol–water partition coefficient (Wildman–Crippen LogP) is 0.128. The predicted molar refractivity (Wildman–Crippen MR) is 71.2 cm³/mol. The van der Waals surface area contributed by atoms with E-state index in [1.165, 1.54) is 10.9 Å². The largest absolute Gasteiger partial charge is 0.479 e. The summed E-state index contributed by atoms with van der Waals surface area (Å²) < 4.78 is 6.43. The van der Waals surface area contributed by atoms with Crippen LogP contribution in [0, 0.1) is 5.92 Å². The molecule has 1 rings (SSSR count). The molecule has 1 aromatic rings. The maximum Gasteiger partial charge on any atom is 0.331 e. The number of carboxylic acid groups (broad SMARTS) is 1. The summed E-state index contributed by atoms with van der Waals surface area (Å²) in [7, 11) is 3.26. The van der Waals surface area contributed by atoms with Crippen molar-refractivity contribution in [3.8, 4) is 0 Å². The van der Waals surface area contributed by atoms with Crippen LogP contribution in [-0.2, 0) is 16.6 Å². The van der Waals surface area contributed by atoms with Crippen LogP contribution in [0.2, 0.25) is 0 Å². The molecular formula is C12H20N4O4. The fourth-order valence-corrected chi connectivity index (χ4v) is 1.67. The van der Waals surface area contributed by atoms with Gasteiger partial charge in [0.25, 0.3) is 0 Å². The van der Waals surface area contributed by atoms with Crippen molar-refractivity contribution < 1.29 is 19.4 Å². The number of aryl methyl sites for hydroxylation is 1. The van der Waals surface area contributed by atoms with Gasteiger partial charge in [-0.3, -0.25) is 4.68 Å². The Morgan fingerprint density at radius 1 is 1.55 bits per heavy atom. The monoisotopic (exact) mass is 284 g/mol. The van der Waals surface area contributed by atoms with Crippen molar-refractivity contribution >= 4 is 12.0 Å². The molecule has 1 aromatic heterocycles. The zero-order chi connectivity index (χ0) is 15.1. The van der Waals surface area contributed by atoms with Crippen molar-refractivity contribution in [2.75, 3.05) is 20.3 Å². The molecule has 0 fully saturated rings. The summed E-state index contributed by atoms with van der Waals surface area (Å²) in [5.74, 6) is -0.995. The second-order valence-electron chi connectivity index (χ2n) is 4.63. The number of rotatable bonds is 7. The number of nitrogens with one attached hydrogen (secondary N) is 2. The van der Waals surface area contributed by atoms with Gasteiger partial charge in [-0.1, -0.05) is 6.92 Å². The number of hydrogen-bond acceptors (Lipinski definition) is 4. The molecule has 8 nitrogen and oxygen atoms in total. The van der Waals surface area contributed by atoms with E-state index in [9.17, 15) is 9.59 Å². The number of aromatic nitrogens is 2. The van der Waals surface area contributed by atoms with Crippen LogP contribution in [0.1, 0.15) is 18.5 Å². The molecule has 2 atom stereocenters. The Morgan fingerprint density at radius 3 is 2.75 bits per heavy atom. The number of carboxylic acids is 1. The van der Waals surface area contributed by atoms with Gasteiger partial charge < -0.3 is 20.5 Å². The molecule has 112 valence electrons. The van der Waals surface area contributed by atoms with Crippen LogP contribution < -0.4 is 10.6 Å². The van der Waals surface area contributed by atoms with E-state index < -0.39 is 18.0 Å². The third-order valence-electron chi connectivity index (χ3n) is 2.64. The van der Waals surface area contributed by atoms with Gasteiger partial charge in [0.05, 0.1) is 12.8 Å². The molecule has 2 unspecified atom stereocenters. The van der Waals surface area contributed by atoms with Gasteiger partial charge in [0.1, 0.15) is 0 Å². The van der Waals surface area contributed by atoms with Crippen molar-refractivity contribution in [2.45, 2.75) is 13.0 Å². The van der Waals surface area contributed by atoms with Crippen molar-refractivity contribution in [2.24, 2.45) is 13.0 Å². The molecule has 0 aliphatic rings. The van der Waals surface area contributed by atoms with E-state index in [4.69, 9.17) is 9.84 Å². The molecule has 2 amide bonds. The fourth-order valence-electron chi connectivity index (χ4n) is 1.67.